The second-order valence-electron chi connectivity index (χ2n) is 9.17. The van der Waals surface area contributed by atoms with E-state index in [9.17, 15) is 9.59 Å². The third-order valence-electron chi connectivity index (χ3n) is 7.10. The van der Waals surface area contributed by atoms with Crippen LogP contribution in [0.25, 0.3) is 0 Å². The van der Waals surface area contributed by atoms with Gasteiger partial charge in [-0.3, -0.25) is 9.59 Å². The number of methoxy groups -OCH3 is 1. The van der Waals surface area contributed by atoms with Gasteiger partial charge in [-0.15, -0.1) is 10.2 Å². The van der Waals surface area contributed by atoms with E-state index in [1.807, 2.05) is 29.2 Å². The minimum atomic E-state index is -0.286. The Kier molecular flexibility index (Phi) is 6.48. The topological polar surface area (TPSA) is 78.9 Å². The average molecular weight is 470 g/mol. The number of hydrogen-bond donors (Lipinski definition) is 0. The zero-order valence-corrected chi connectivity index (χ0v) is 19.9. The van der Waals surface area contributed by atoms with Gasteiger partial charge in [0.15, 0.2) is 0 Å². The van der Waals surface area contributed by atoms with Crippen LogP contribution in [0.15, 0.2) is 24.3 Å². The molecule has 2 aliphatic heterocycles. The summed E-state index contributed by atoms with van der Waals surface area (Å²) >= 11 is 1.72. The molecule has 0 radical (unpaired) electrons. The third kappa shape index (κ3) is 4.69. The Morgan fingerprint density at radius 1 is 1.03 bits per heavy atom. The van der Waals surface area contributed by atoms with Crippen molar-refractivity contribution in [3.63, 3.8) is 0 Å². The molecule has 9 heteroatoms. The first-order valence-electron chi connectivity index (χ1n) is 11.9. The second kappa shape index (κ2) is 9.67. The van der Waals surface area contributed by atoms with Crippen molar-refractivity contribution < 1.29 is 14.3 Å². The number of nitrogens with zero attached hydrogens (tertiary/aromatic N) is 5. The van der Waals surface area contributed by atoms with Crippen LogP contribution in [0.1, 0.15) is 49.5 Å². The molecule has 3 fully saturated rings. The minimum Gasteiger partial charge on any atom is -0.497 e. The average Bonchev–Trinajstić information content (AvgIpc) is 3.52. The highest BCUT2D eigenvalue weighted by atomic mass is 32.1. The molecule has 1 unspecified atom stereocenters. The molecular weight excluding hydrogens is 438 g/mol. The maximum absolute atomic E-state index is 13.2. The SMILES string of the molecule is COc1ccc(N2CC(C(=O)N3CCN(c4nnc(C5CCCCC5)s4)CC3)CC2=O)cc1. The molecule has 0 bridgehead atoms. The van der Waals surface area contributed by atoms with E-state index >= 15 is 0 Å². The van der Waals surface area contributed by atoms with E-state index in [1.165, 1.54) is 37.1 Å². The second-order valence-corrected chi connectivity index (χ2v) is 10.2. The molecule has 33 heavy (non-hydrogen) atoms. The Bertz CT molecular complexity index is 980. The van der Waals surface area contributed by atoms with Crippen LogP contribution >= 0.6 is 11.3 Å². The van der Waals surface area contributed by atoms with Crippen molar-refractivity contribution in [2.45, 2.75) is 44.4 Å². The summed E-state index contributed by atoms with van der Waals surface area (Å²) in [5.41, 5.74) is 0.811. The molecule has 1 aromatic carbocycles. The molecule has 2 amide bonds. The first kappa shape index (κ1) is 22.1. The largest absolute Gasteiger partial charge is 0.497 e. The van der Waals surface area contributed by atoms with Crippen molar-refractivity contribution in [2.24, 2.45) is 5.92 Å². The molecule has 2 saturated heterocycles. The van der Waals surface area contributed by atoms with Crippen LogP contribution in [0.2, 0.25) is 0 Å². The van der Waals surface area contributed by atoms with Crippen molar-refractivity contribution in [2.75, 3.05) is 49.6 Å². The zero-order valence-electron chi connectivity index (χ0n) is 19.1. The molecule has 1 saturated carbocycles. The number of rotatable bonds is 5. The smallest absolute Gasteiger partial charge is 0.228 e. The normalized spacial score (nSPS) is 22.2. The van der Waals surface area contributed by atoms with Gasteiger partial charge in [-0.2, -0.15) is 0 Å². The first-order valence-corrected chi connectivity index (χ1v) is 12.8. The highest BCUT2D eigenvalue weighted by Crippen LogP contribution is 2.36. The Morgan fingerprint density at radius 2 is 1.76 bits per heavy atom. The molecule has 8 nitrogen and oxygen atoms in total. The summed E-state index contributed by atoms with van der Waals surface area (Å²) in [4.78, 5) is 31.6. The Balaban J connectivity index is 1.15. The number of ether oxygens (including phenoxy) is 1. The van der Waals surface area contributed by atoms with Crippen molar-refractivity contribution in [1.29, 1.82) is 0 Å². The van der Waals surface area contributed by atoms with Crippen LogP contribution in [0.5, 0.6) is 5.75 Å². The monoisotopic (exact) mass is 469 g/mol. The number of hydrogen-bond acceptors (Lipinski definition) is 7. The Hall–Kier alpha value is -2.68. The number of anilines is 2. The van der Waals surface area contributed by atoms with Gasteiger partial charge in [-0.05, 0) is 37.1 Å². The zero-order chi connectivity index (χ0) is 22.8. The summed E-state index contributed by atoms with van der Waals surface area (Å²) in [6.07, 6.45) is 6.64. The number of carbonyl (C=O) groups excluding carboxylic acids is 2. The van der Waals surface area contributed by atoms with E-state index in [4.69, 9.17) is 4.74 Å². The van der Waals surface area contributed by atoms with Gasteiger partial charge in [0.25, 0.3) is 0 Å². The lowest BCUT2D eigenvalue weighted by molar-refractivity contribution is -0.136. The van der Waals surface area contributed by atoms with E-state index in [0.29, 0.717) is 25.6 Å². The summed E-state index contributed by atoms with van der Waals surface area (Å²) < 4.78 is 5.19. The van der Waals surface area contributed by atoms with Crippen molar-refractivity contribution in [3.8, 4) is 5.75 Å². The van der Waals surface area contributed by atoms with Crippen LogP contribution in [-0.2, 0) is 9.59 Å². The molecule has 176 valence electrons. The number of amides is 2. The highest BCUT2D eigenvalue weighted by Gasteiger charge is 2.38. The number of carbonyl (C=O) groups is 2. The van der Waals surface area contributed by atoms with Crippen LogP contribution in [0, 0.1) is 5.92 Å². The van der Waals surface area contributed by atoms with Gasteiger partial charge in [0.05, 0.1) is 13.0 Å². The lowest BCUT2D eigenvalue weighted by Gasteiger charge is -2.35. The van der Waals surface area contributed by atoms with Gasteiger partial charge < -0.3 is 19.4 Å². The minimum absolute atomic E-state index is 0.00116. The molecule has 1 aliphatic carbocycles. The van der Waals surface area contributed by atoms with Crippen LogP contribution in [0.4, 0.5) is 10.8 Å². The van der Waals surface area contributed by atoms with Gasteiger partial charge in [-0.25, -0.2) is 0 Å². The lowest BCUT2D eigenvalue weighted by atomic mass is 9.90. The van der Waals surface area contributed by atoms with Gasteiger partial charge in [-0.1, -0.05) is 30.6 Å². The van der Waals surface area contributed by atoms with Crippen molar-refractivity contribution in [1.82, 2.24) is 15.1 Å². The molecule has 1 atom stereocenters. The summed E-state index contributed by atoms with van der Waals surface area (Å²) in [6, 6.07) is 7.41. The van der Waals surface area contributed by atoms with Crippen LogP contribution in [-0.4, -0.2) is 66.7 Å². The molecule has 5 rings (SSSR count). The highest BCUT2D eigenvalue weighted by molar-refractivity contribution is 7.15. The molecule has 0 N–H and O–H groups in total. The fraction of sp³-hybridized carbons (Fsp3) is 0.583. The molecule has 3 aliphatic rings. The number of benzene rings is 1. The van der Waals surface area contributed by atoms with Crippen LogP contribution in [0.3, 0.4) is 0 Å². The fourth-order valence-corrected chi connectivity index (χ4v) is 6.19. The Labute approximate surface area is 198 Å². The lowest BCUT2D eigenvalue weighted by Crippen LogP contribution is -2.50. The summed E-state index contributed by atoms with van der Waals surface area (Å²) in [5, 5.41) is 11.1. The van der Waals surface area contributed by atoms with E-state index in [0.717, 1.165) is 29.7 Å². The molecular formula is C24H31N5O3S. The number of aromatic nitrogens is 2. The standard InChI is InChI=1S/C24H31N5O3S/c1-32-20-9-7-19(8-10-20)29-16-18(15-21(29)30)23(31)27-11-13-28(14-12-27)24-26-25-22(33-24)17-5-3-2-4-6-17/h7-10,17-18H,2-6,11-16H2,1H3. The Morgan fingerprint density at radius 3 is 2.45 bits per heavy atom. The summed E-state index contributed by atoms with van der Waals surface area (Å²) in [6.45, 7) is 3.27. The summed E-state index contributed by atoms with van der Waals surface area (Å²) in [7, 11) is 1.62. The van der Waals surface area contributed by atoms with Gasteiger partial charge in [0, 0.05) is 50.7 Å². The summed E-state index contributed by atoms with van der Waals surface area (Å²) in [5.74, 6) is 1.12. The van der Waals surface area contributed by atoms with E-state index in [1.54, 1.807) is 23.3 Å². The number of piperazine rings is 1. The van der Waals surface area contributed by atoms with E-state index in [-0.39, 0.29) is 24.2 Å². The maximum atomic E-state index is 13.2. The van der Waals surface area contributed by atoms with E-state index < -0.39 is 0 Å². The predicted octanol–water partition coefficient (Wildman–Crippen LogP) is 3.30. The molecule has 3 heterocycles. The third-order valence-corrected chi connectivity index (χ3v) is 8.25. The maximum Gasteiger partial charge on any atom is 0.228 e. The van der Waals surface area contributed by atoms with Crippen molar-refractivity contribution >= 4 is 34.0 Å². The molecule has 1 aromatic heterocycles. The van der Waals surface area contributed by atoms with Gasteiger partial charge in [0.2, 0.25) is 16.9 Å². The predicted molar refractivity (Wildman–Crippen MR) is 128 cm³/mol. The molecule has 0 spiro atoms. The van der Waals surface area contributed by atoms with Crippen molar-refractivity contribution in [3.05, 3.63) is 29.3 Å². The first-order chi connectivity index (χ1) is 16.1. The van der Waals surface area contributed by atoms with Crippen LogP contribution < -0.4 is 14.5 Å². The quantitative estimate of drug-likeness (QED) is 0.669. The fourth-order valence-electron chi connectivity index (χ4n) is 5.13. The van der Waals surface area contributed by atoms with E-state index in [2.05, 4.69) is 15.1 Å². The van der Waals surface area contributed by atoms with Gasteiger partial charge in [0.1, 0.15) is 10.8 Å². The molecule has 2 aromatic rings. The van der Waals surface area contributed by atoms with Gasteiger partial charge >= 0.3 is 0 Å².